The third-order valence-electron chi connectivity index (χ3n) is 3.25. The van der Waals surface area contributed by atoms with Crippen molar-refractivity contribution in [2.45, 2.75) is 19.5 Å². The van der Waals surface area contributed by atoms with Crippen molar-refractivity contribution in [1.29, 1.82) is 0 Å². The highest BCUT2D eigenvalue weighted by molar-refractivity contribution is 5.85. The lowest BCUT2D eigenvalue weighted by Crippen LogP contribution is -2.49. The molecule has 0 amide bonds. The number of rotatable bonds is 3. The predicted octanol–water partition coefficient (Wildman–Crippen LogP) is 1.95. The number of hydrogen-bond acceptors (Lipinski definition) is 4. The predicted molar refractivity (Wildman–Crippen MR) is 73.0 cm³/mol. The van der Waals surface area contributed by atoms with E-state index in [4.69, 9.17) is 0 Å². The standard InChI is InChI=1S/C12H16FN3O2.ClH/c1-9-7-14-4-5-15(9)8-10-6-11(13)2-3-12(10)16(17)18;/h2-3,6,9,14H,4-5,7-8H2,1H3;1H/t9-;/m0./s1. The zero-order chi connectivity index (χ0) is 13.1. The van der Waals surface area contributed by atoms with Crippen LogP contribution in [0.1, 0.15) is 12.5 Å². The molecule has 106 valence electrons. The minimum Gasteiger partial charge on any atom is -0.314 e. The van der Waals surface area contributed by atoms with E-state index in [1.165, 1.54) is 12.1 Å². The van der Waals surface area contributed by atoms with Crippen molar-refractivity contribution in [2.75, 3.05) is 19.6 Å². The van der Waals surface area contributed by atoms with E-state index in [9.17, 15) is 14.5 Å². The summed E-state index contributed by atoms with van der Waals surface area (Å²) in [7, 11) is 0. The van der Waals surface area contributed by atoms with Gasteiger partial charge in [-0.15, -0.1) is 12.4 Å². The number of nitro groups is 1. The number of piperazine rings is 1. The Hall–Kier alpha value is -1.24. The van der Waals surface area contributed by atoms with Crippen LogP contribution in [-0.2, 0) is 6.54 Å². The fraction of sp³-hybridized carbons (Fsp3) is 0.500. The number of hydrogen-bond donors (Lipinski definition) is 1. The second kappa shape index (κ2) is 6.79. The van der Waals surface area contributed by atoms with Crippen LogP contribution in [-0.4, -0.2) is 35.5 Å². The van der Waals surface area contributed by atoms with Crippen LogP contribution < -0.4 is 5.32 Å². The molecule has 1 aliphatic heterocycles. The maximum atomic E-state index is 13.2. The molecule has 1 aromatic rings. The van der Waals surface area contributed by atoms with Gasteiger partial charge in [0.25, 0.3) is 5.69 Å². The molecule has 0 saturated carbocycles. The molecule has 1 heterocycles. The van der Waals surface area contributed by atoms with Gasteiger partial charge < -0.3 is 5.32 Å². The van der Waals surface area contributed by atoms with Crippen LogP contribution in [0.5, 0.6) is 0 Å². The minimum atomic E-state index is -0.457. The molecule has 0 unspecified atom stereocenters. The molecule has 0 bridgehead atoms. The van der Waals surface area contributed by atoms with E-state index in [2.05, 4.69) is 17.1 Å². The molecule has 1 atom stereocenters. The quantitative estimate of drug-likeness (QED) is 0.682. The Morgan fingerprint density at radius 1 is 1.58 bits per heavy atom. The van der Waals surface area contributed by atoms with Crippen LogP contribution in [0.15, 0.2) is 18.2 Å². The Morgan fingerprint density at radius 3 is 2.95 bits per heavy atom. The van der Waals surface area contributed by atoms with Gasteiger partial charge in [-0.1, -0.05) is 0 Å². The van der Waals surface area contributed by atoms with Crippen molar-refractivity contribution < 1.29 is 9.31 Å². The maximum absolute atomic E-state index is 13.2. The lowest BCUT2D eigenvalue weighted by atomic mass is 10.1. The normalized spacial score (nSPS) is 19.8. The largest absolute Gasteiger partial charge is 0.314 e. The lowest BCUT2D eigenvalue weighted by Gasteiger charge is -2.33. The molecule has 1 saturated heterocycles. The summed E-state index contributed by atoms with van der Waals surface area (Å²) in [6.45, 7) is 4.99. The van der Waals surface area contributed by atoms with Gasteiger partial charge in [-0.2, -0.15) is 0 Å². The highest BCUT2D eigenvalue weighted by Gasteiger charge is 2.22. The maximum Gasteiger partial charge on any atom is 0.274 e. The molecular weight excluding hydrogens is 273 g/mol. The van der Waals surface area contributed by atoms with Gasteiger partial charge >= 0.3 is 0 Å². The summed E-state index contributed by atoms with van der Waals surface area (Å²) in [5.74, 6) is -0.432. The van der Waals surface area contributed by atoms with Gasteiger partial charge in [-0.3, -0.25) is 15.0 Å². The topological polar surface area (TPSA) is 58.4 Å². The van der Waals surface area contributed by atoms with Crippen molar-refractivity contribution in [3.63, 3.8) is 0 Å². The van der Waals surface area contributed by atoms with Crippen molar-refractivity contribution >= 4 is 18.1 Å². The van der Waals surface area contributed by atoms with E-state index >= 15 is 0 Å². The second-order valence-electron chi connectivity index (χ2n) is 4.55. The van der Waals surface area contributed by atoms with Crippen molar-refractivity contribution in [1.82, 2.24) is 10.2 Å². The molecular formula is C12H17ClFN3O2. The molecule has 0 spiro atoms. The van der Waals surface area contributed by atoms with Crippen molar-refractivity contribution in [3.05, 3.63) is 39.7 Å². The van der Waals surface area contributed by atoms with Crippen LogP contribution in [0.25, 0.3) is 0 Å². The van der Waals surface area contributed by atoms with E-state index in [1.54, 1.807) is 0 Å². The van der Waals surface area contributed by atoms with Crippen LogP contribution in [0.2, 0.25) is 0 Å². The molecule has 1 N–H and O–H groups in total. The molecule has 1 aliphatic rings. The van der Waals surface area contributed by atoms with Crippen LogP contribution >= 0.6 is 12.4 Å². The van der Waals surface area contributed by atoms with Crippen molar-refractivity contribution in [3.8, 4) is 0 Å². The van der Waals surface area contributed by atoms with Gasteiger partial charge in [0, 0.05) is 43.9 Å². The molecule has 7 heteroatoms. The van der Waals surface area contributed by atoms with Crippen LogP contribution in [0.4, 0.5) is 10.1 Å². The van der Waals surface area contributed by atoms with Crippen molar-refractivity contribution in [2.24, 2.45) is 0 Å². The summed E-state index contributed by atoms with van der Waals surface area (Å²) in [6.07, 6.45) is 0. The van der Waals surface area contributed by atoms with Gasteiger partial charge in [-0.25, -0.2) is 4.39 Å². The summed E-state index contributed by atoms with van der Waals surface area (Å²) in [5, 5.41) is 14.2. The molecule has 2 rings (SSSR count). The molecule has 19 heavy (non-hydrogen) atoms. The minimum absolute atomic E-state index is 0. The SMILES string of the molecule is C[C@H]1CNCCN1Cc1cc(F)ccc1[N+](=O)[O-].Cl. The summed E-state index contributed by atoms with van der Waals surface area (Å²) in [6, 6.07) is 3.91. The zero-order valence-electron chi connectivity index (χ0n) is 10.6. The first kappa shape index (κ1) is 15.8. The number of nitro benzene ring substituents is 1. The smallest absolute Gasteiger partial charge is 0.274 e. The Labute approximate surface area is 117 Å². The van der Waals surface area contributed by atoms with Gasteiger partial charge in [-0.05, 0) is 19.1 Å². The fourth-order valence-electron chi connectivity index (χ4n) is 2.20. The highest BCUT2D eigenvalue weighted by atomic mass is 35.5. The number of halogens is 2. The highest BCUT2D eigenvalue weighted by Crippen LogP contribution is 2.22. The Morgan fingerprint density at radius 2 is 2.32 bits per heavy atom. The zero-order valence-corrected chi connectivity index (χ0v) is 11.5. The third-order valence-corrected chi connectivity index (χ3v) is 3.25. The second-order valence-corrected chi connectivity index (χ2v) is 4.55. The number of benzene rings is 1. The first-order valence-corrected chi connectivity index (χ1v) is 5.95. The molecule has 1 fully saturated rings. The van der Waals surface area contributed by atoms with E-state index < -0.39 is 10.7 Å². The van der Waals surface area contributed by atoms with Crippen LogP contribution in [0.3, 0.4) is 0 Å². The molecule has 1 aromatic carbocycles. The van der Waals surface area contributed by atoms with E-state index in [-0.39, 0.29) is 18.1 Å². The number of nitrogens with one attached hydrogen (secondary N) is 1. The fourth-order valence-corrected chi connectivity index (χ4v) is 2.20. The monoisotopic (exact) mass is 289 g/mol. The van der Waals surface area contributed by atoms with Crippen LogP contribution in [0, 0.1) is 15.9 Å². The summed E-state index contributed by atoms with van der Waals surface area (Å²) in [4.78, 5) is 12.6. The first-order valence-electron chi connectivity index (χ1n) is 5.95. The molecule has 0 aliphatic carbocycles. The molecule has 5 nitrogen and oxygen atoms in total. The summed E-state index contributed by atoms with van der Waals surface area (Å²) < 4.78 is 13.2. The van der Waals surface area contributed by atoms with Gasteiger partial charge in [0.05, 0.1) is 4.92 Å². The third kappa shape index (κ3) is 3.86. The number of nitrogens with zero attached hydrogens (tertiary/aromatic N) is 2. The molecule has 0 aromatic heterocycles. The summed E-state index contributed by atoms with van der Waals surface area (Å²) in [5.41, 5.74) is 0.427. The van der Waals surface area contributed by atoms with Gasteiger partial charge in [0.2, 0.25) is 0 Å². The van der Waals surface area contributed by atoms with E-state index in [0.717, 1.165) is 25.7 Å². The van der Waals surface area contributed by atoms with Gasteiger partial charge in [0.1, 0.15) is 5.82 Å². The summed E-state index contributed by atoms with van der Waals surface area (Å²) >= 11 is 0. The molecule has 0 radical (unpaired) electrons. The Bertz CT molecular complexity index is 459. The van der Waals surface area contributed by atoms with Gasteiger partial charge in [0.15, 0.2) is 0 Å². The Kier molecular flexibility index (Phi) is 5.65. The van der Waals surface area contributed by atoms with E-state index in [1.807, 2.05) is 0 Å². The van der Waals surface area contributed by atoms with E-state index in [0.29, 0.717) is 18.2 Å². The first-order chi connectivity index (χ1) is 8.58. The lowest BCUT2D eigenvalue weighted by molar-refractivity contribution is -0.385. The average molecular weight is 290 g/mol. The average Bonchev–Trinajstić information content (AvgIpc) is 2.32. The Balaban J connectivity index is 0.00000180.